The zero-order chi connectivity index (χ0) is 22.6. The van der Waals surface area contributed by atoms with Crippen molar-refractivity contribution in [1.29, 1.82) is 0 Å². The van der Waals surface area contributed by atoms with Crippen molar-refractivity contribution in [2.75, 3.05) is 18.4 Å². The molecule has 0 bridgehead atoms. The Labute approximate surface area is 180 Å². The molecule has 1 aliphatic heterocycles. The zero-order valence-electron chi connectivity index (χ0n) is 18.4. The van der Waals surface area contributed by atoms with Crippen molar-refractivity contribution in [2.24, 2.45) is 12.5 Å². The average molecular weight is 434 g/mol. The molecule has 10 heteroatoms. The molecule has 2 aromatic heterocycles. The lowest BCUT2D eigenvalue weighted by atomic mass is 10.0. The lowest BCUT2D eigenvalue weighted by molar-refractivity contribution is 0.0285. The molecule has 2 aliphatic rings. The summed E-state index contributed by atoms with van der Waals surface area (Å²) in [5, 5.41) is 7.56. The summed E-state index contributed by atoms with van der Waals surface area (Å²) in [7, 11) is 1.45. The minimum absolute atomic E-state index is 0.0554. The van der Waals surface area contributed by atoms with E-state index in [1.165, 1.54) is 7.05 Å². The number of hydrogen-bond acceptors (Lipinski definition) is 6. The number of alkyl halides is 2. The van der Waals surface area contributed by atoms with Crippen molar-refractivity contribution in [1.82, 2.24) is 24.6 Å². The van der Waals surface area contributed by atoms with Crippen LogP contribution < -0.4 is 5.32 Å². The monoisotopic (exact) mass is 434 g/mol. The van der Waals surface area contributed by atoms with E-state index >= 15 is 0 Å². The number of halogens is 2. The van der Waals surface area contributed by atoms with E-state index in [-0.39, 0.29) is 29.2 Å². The predicted molar refractivity (Wildman–Crippen MR) is 111 cm³/mol. The standard InChI is InChI=1S/C21H28F2N6O2/c1-12-13(17-26-18(16(22)23)28(5)27-17)6-7-15(24-12)25-14-10-29(11-21(14)8-9-21)19(30)31-20(2,3)4/h6-7,14,16H,8-11H2,1-5H3,(H,24,25). The molecule has 31 heavy (non-hydrogen) atoms. The number of ether oxygens (including phenoxy) is 1. The van der Waals surface area contributed by atoms with Crippen LogP contribution in [0.2, 0.25) is 0 Å². The number of amides is 1. The van der Waals surface area contributed by atoms with Crippen LogP contribution in [0.3, 0.4) is 0 Å². The van der Waals surface area contributed by atoms with Crippen molar-refractivity contribution >= 4 is 11.9 Å². The lowest BCUT2D eigenvalue weighted by Gasteiger charge is -2.24. The smallest absolute Gasteiger partial charge is 0.410 e. The molecule has 168 valence electrons. The van der Waals surface area contributed by atoms with E-state index in [2.05, 4.69) is 20.4 Å². The van der Waals surface area contributed by atoms with E-state index in [1.807, 2.05) is 20.8 Å². The number of nitrogens with one attached hydrogen (secondary N) is 1. The second-order valence-electron chi connectivity index (χ2n) is 9.47. The summed E-state index contributed by atoms with van der Waals surface area (Å²) in [6.45, 7) is 8.60. The third kappa shape index (κ3) is 4.33. The van der Waals surface area contributed by atoms with E-state index in [0.717, 1.165) is 17.5 Å². The van der Waals surface area contributed by atoms with Gasteiger partial charge in [0.15, 0.2) is 11.6 Å². The normalized spacial score (nSPS) is 19.9. The summed E-state index contributed by atoms with van der Waals surface area (Å²) in [5.41, 5.74) is 0.774. The summed E-state index contributed by atoms with van der Waals surface area (Å²) < 4.78 is 32.7. The second-order valence-corrected chi connectivity index (χ2v) is 9.47. The number of hydrogen-bond donors (Lipinski definition) is 1. The highest BCUT2D eigenvalue weighted by Gasteiger charge is 2.56. The van der Waals surface area contributed by atoms with Gasteiger partial charge in [-0.15, -0.1) is 0 Å². The number of carbonyl (C=O) groups excluding carboxylic acids is 1. The molecule has 8 nitrogen and oxygen atoms in total. The second kappa shape index (κ2) is 7.42. The Hall–Kier alpha value is -2.78. The van der Waals surface area contributed by atoms with Crippen molar-refractivity contribution in [2.45, 2.75) is 58.6 Å². The average Bonchev–Trinajstić information content (AvgIpc) is 3.19. The van der Waals surface area contributed by atoms with E-state index in [4.69, 9.17) is 4.74 Å². The van der Waals surface area contributed by atoms with Crippen LogP contribution in [0, 0.1) is 12.3 Å². The molecule has 0 radical (unpaired) electrons. The number of rotatable bonds is 4. The summed E-state index contributed by atoms with van der Waals surface area (Å²) in [6, 6.07) is 3.67. The van der Waals surface area contributed by atoms with Crippen molar-refractivity contribution in [3.63, 3.8) is 0 Å². The first-order chi connectivity index (χ1) is 14.5. The molecular formula is C21H28F2N6O2. The Bertz CT molecular complexity index is 996. The van der Waals surface area contributed by atoms with Gasteiger partial charge in [0, 0.05) is 31.1 Å². The van der Waals surface area contributed by atoms with Crippen LogP contribution in [0.5, 0.6) is 0 Å². The summed E-state index contributed by atoms with van der Waals surface area (Å²) in [4.78, 5) is 22.8. The Balaban J connectivity index is 1.48. The van der Waals surface area contributed by atoms with E-state index in [9.17, 15) is 13.6 Å². The Morgan fingerprint density at radius 2 is 2.00 bits per heavy atom. The first-order valence-corrected chi connectivity index (χ1v) is 10.4. The van der Waals surface area contributed by atoms with Crippen LogP contribution in [-0.4, -0.2) is 55.5 Å². The van der Waals surface area contributed by atoms with Gasteiger partial charge < -0.3 is 15.0 Å². The highest BCUT2D eigenvalue weighted by Crippen LogP contribution is 2.53. The maximum atomic E-state index is 13.0. The predicted octanol–water partition coefficient (Wildman–Crippen LogP) is 3.93. The third-order valence-electron chi connectivity index (χ3n) is 5.83. The number of carbonyl (C=O) groups is 1. The van der Waals surface area contributed by atoms with Gasteiger partial charge in [0.2, 0.25) is 0 Å². The third-order valence-corrected chi connectivity index (χ3v) is 5.83. The molecule has 3 heterocycles. The molecule has 1 N–H and O–H groups in total. The Kier molecular flexibility index (Phi) is 5.13. The molecule has 0 aromatic carbocycles. The first-order valence-electron chi connectivity index (χ1n) is 10.4. The largest absolute Gasteiger partial charge is 0.444 e. The van der Waals surface area contributed by atoms with Gasteiger partial charge in [0.25, 0.3) is 6.43 Å². The topological polar surface area (TPSA) is 85.2 Å². The van der Waals surface area contributed by atoms with E-state index < -0.39 is 12.0 Å². The molecule has 2 fully saturated rings. The maximum Gasteiger partial charge on any atom is 0.410 e. The fourth-order valence-electron chi connectivity index (χ4n) is 4.06. The summed E-state index contributed by atoms with van der Waals surface area (Å²) in [5.74, 6) is 0.527. The quantitative estimate of drug-likeness (QED) is 0.785. The van der Waals surface area contributed by atoms with Gasteiger partial charge in [-0.3, -0.25) is 0 Å². The fraction of sp³-hybridized carbons (Fsp3) is 0.619. The molecule has 1 unspecified atom stereocenters. The van der Waals surface area contributed by atoms with Gasteiger partial charge in [-0.1, -0.05) is 0 Å². The van der Waals surface area contributed by atoms with Gasteiger partial charge in [-0.25, -0.2) is 28.2 Å². The molecule has 1 aliphatic carbocycles. The Morgan fingerprint density at radius 1 is 1.29 bits per heavy atom. The zero-order valence-corrected chi connectivity index (χ0v) is 18.4. The molecule has 1 saturated heterocycles. The number of aryl methyl sites for hydroxylation is 2. The van der Waals surface area contributed by atoms with E-state index in [0.29, 0.717) is 30.2 Å². The molecule has 2 aromatic rings. The van der Waals surface area contributed by atoms with Gasteiger partial charge >= 0.3 is 6.09 Å². The minimum atomic E-state index is -2.69. The molecule has 1 spiro atoms. The lowest BCUT2D eigenvalue weighted by Crippen LogP contribution is -2.36. The molecule has 1 amide bonds. The van der Waals surface area contributed by atoms with Crippen LogP contribution in [0.1, 0.15) is 51.6 Å². The maximum absolute atomic E-state index is 13.0. The molecule has 4 rings (SSSR count). The van der Waals surface area contributed by atoms with Gasteiger partial charge in [-0.05, 0) is 52.7 Å². The highest BCUT2D eigenvalue weighted by molar-refractivity contribution is 5.69. The molecule has 1 saturated carbocycles. The van der Waals surface area contributed by atoms with Crippen LogP contribution in [-0.2, 0) is 11.8 Å². The van der Waals surface area contributed by atoms with Gasteiger partial charge in [0.1, 0.15) is 11.4 Å². The summed E-state index contributed by atoms with van der Waals surface area (Å²) in [6.07, 6.45) is -0.881. The number of nitrogens with zero attached hydrogens (tertiary/aromatic N) is 5. The highest BCUT2D eigenvalue weighted by atomic mass is 19.3. The van der Waals surface area contributed by atoms with Crippen LogP contribution in [0.25, 0.3) is 11.4 Å². The number of aromatic nitrogens is 4. The van der Waals surface area contributed by atoms with Gasteiger partial charge in [0.05, 0.1) is 11.7 Å². The summed E-state index contributed by atoms with van der Waals surface area (Å²) >= 11 is 0. The molecular weight excluding hydrogens is 406 g/mol. The number of anilines is 1. The minimum Gasteiger partial charge on any atom is -0.444 e. The van der Waals surface area contributed by atoms with Crippen molar-refractivity contribution < 1.29 is 18.3 Å². The fourth-order valence-corrected chi connectivity index (χ4v) is 4.06. The first kappa shape index (κ1) is 21.5. The SMILES string of the molecule is Cc1nc(NC2CN(C(=O)OC(C)(C)C)CC23CC3)ccc1-c1nc(C(F)F)n(C)n1. The van der Waals surface area contributed by atoms with Crippen LogP contribution in [0.4, 0.5) is 19.4 Å². The van der Waals surface area contributed by atoms with Crippen LogP contribution in [0.15, 0.2) is 12.1 Å². The van der Waals surface area contributed by atoms with Crippen LogP contribution >= 0.6 is 0 Å². The van der Waals surface area contributed by atoms with Crippen molar-refractivity contribution in [3.05, 3.63) is 23.7 Å². The van der Waals surface area contributed by atoms with Crippen molar-refractivity contribution in [3.8, 4) is 11.4 Å². The number of pyridine rings is 1. The van der Waals surface area contributed by atoms with E-state index in [1.54, 1.807) is 24.0 Å². The Morgan fingerprint density at radius 3 is 2.55 bits per heavy atom. The molecule has 1 atom stereocenters. The number of likely N-dealkylation sites (tertiary alicyclic amines) is 1. The van der Waals surface area contributed by atoms with Gasteiger partial charge in [-0.2, -0.15) is 5.10 Å².